The van der Waals surface area contributed by atoms with Crippen LogP contribution in [0.2, 0.25) is 0 Å². The molecule has 2 aromatic rings. The van der Waals surface area contributed by atoms with Gasteiger partial charge >= 0.3 is 0 Å². The first-order valence-electron chi connectivity index (χ1n) is 6.78. The minimum Gasteiger partial charge on any atom is -0.330 e. The van der Waals surface area contributed by atoms with Crippen molar-refractivity contribution in [2.75, 3.05) is 12.8 Å². The Balaban J connectivity index is 2.24. The number of hydrogen-bond acceptors (Lipinski definition) is 4. The Kier molecular flexibility index (Phi) is 3.10. The van der Waals surface area contributed by atoms with Crippen LogP contribution in [0.3, 0.4) is 0 Å². The van der Waals surface area contributed by atoms with E-state index in [1.165, 1.54) is 6.26 Å². The first-order chi connectivity index (χ1) is 9.39. The minimum atomic E-state index is -3.27. The summed E-state index contributed by atoms with van der Waals surface area (Å²) in [5.74, 6) is 1.42. The second-order valence-electron chi connectivity index (χ2n) is 5.62. The van der Waals surface area contributed by atoms with Gasteiger partial charge in [-0.1, -0.05) is 13.0 Å². The number of hydrogen-bond donors (Lipinski definition) is 1. The number of sulfone groups is 1. The van der Waals surface area contributed by atoms with Crippen LogP contribution in [0.25, 0.3) is 11.0 Å². The van der Waals surface area contributed by atoms with Gasteiger partial charge < -0.3 is 9.88 Å². The summed E-state index contributed by atoms with van der Waals surface area (Å²) in [7, 11) is -1.32. The molecule has 1 saturated heterocycles. The summed E-state index contributed by atoms with van der Waals surface area (Å²) >= 11 is 0. The van der Waals surface area contributed by atoms with Gasteiger partial charge in [0.05, 0.1) is 16.5 Å². The van der Waals surface area contributed by atoms with Gasteiger partial charge in [0, 0.05) is 13.3 Å². The lowest BCUT2D eigenvalue weighted by Gasteiger charge is -2.15. The van der Waals surface area contributed by atoms with Gasteiger partial charge in [-0.15, -0.1) is 0 Å². The fourth-order valence-electron chi connectivity index (χ4n) is 2.96. The van der Waals surface area contributed by atoms with E-state index in [9.17, 15) is 8.42 Å². The van der Waals surface area contributed by atoms with Gasteiger partial charge in [-0.25, -0.2) is 13.4 Å². The molecule has 1 aromatic carbocycles. The Morgan fingerprint density at radius 3 is 2.75 bits per heavy atom. The minimum absolute atomic E-state index is 0.194. The zero-order chi connectivity index (χ0) is 14.5. The van der Waals surface area contributed by atoms with E-state index in [2.05, 4.69) is 17.2 Å². The van der Waals surface area contributed by atoms with Crippen molar-refractivity contribution in [3.8, 4) is 0 Å². The third kappa shape index (κ3) is 2.03. The quantitative estimate of drug-likeness (QED) is 0.914. The molecule has 2 atom stereocenters. The molecule has 1 aliphatic heterocycles. The summed E-state index contributed by atoms with van der Waals surface area (Å²) in [4.78, 5) is 4.94. The number of rotatable bonds is 2. The van der Waals surface area contributed by atoms with Crippen molar-refractivity contribution in [2.24, 2.45) is 13.0 Å². The lowest BCUT2D eigenvalue weighted by molar-refractivity contribution is 0.469. The number of imidazole rings is 1. The maximum absolute atomic E-state index is 11.9. The molecule has 6 heteroatoms. The van der Waals surface area contributed by atoms with Gasteiger partial charge in [0.15, 0.2) is 9.84 Å². The zero-order valence-corrected chi connectivity index (χ0v) is 12.7. The van der Waals surface area contributed by atoms with Crippen molar-refractivity contribution >= 4 is 20.9 Å². The maximum atomic E-state index is 11.9. The van der Waals surface area contributed by atoms with Crippen LogP contribution in [0, 0.1) is 5.92 Å². The summed E-state index contributed by atoms with van der Waals surface area (Å²) in [6.07, 6.45) is 2.35. The molecule has 2 unspecified atom stereocenters. The zero-order valence-electron chi connectivity index (χ0n) is 11.9. The van der Waals surface area contributed by atoms with E-state index in [1.54, 1.807) is 12.1 Å². The predicted octanol–water partition coefficient (Wildman–Crippen LogP) is 1.65. The molecule has 3 rings (SSSR count). The van der Waals surface area contributed by atoms with E-state index in [1.807, 2.05) is 17.7 Å². The fraction of sp³-hybridized carbons (Fsp3) is 0.500. The number of benzene rings is 1. The lowest BCUT2D eigenvalue weighted by Crippen LogP contribution is -2.20. The van der Waals surface area contributed by atoms with Gasteiger partial charge in [-0.3, -0.25) is 0 Å². The first kappa shape index (κ1) is 13.6. The molecule has 0 aliphatic carbocycles. The molecule has 0 spiro atoms. The Hall–Kier alpha value is -1.40. The number of nitrogens with zero attached hydrogens (tertiary/aromatic N) is 2. The largest absolute Gasteiger partial charge is 0.330 e. The van der Waals surface area contributed by atoms with Gasteiger partial charge in [0.25, 0.3) is 0 Å². The highest BCUT2D eigenvalue weighted by molar-refractivity contribution is 7.91. The summed E-state index contributed by atoms with van der Waals surface area (Å²) in [5, 5.41) is 3.45. The van der Waals surface area contributed by atoms with Crippen LogP contribution in [0.5, 0.6) is 0 Å². The molecule has 1 fully saturated rings. The van der Waals surface area contributed by atoms with E-state index in [-0.39, 0.29) is 6.04 Å². The second kappa shape index (κ2) is 4.56. The molecule has 5 nitrogen and oxygen atoms in total. The standard InChI is InChI=1S/C14H19N3O2S/c1-9-7-8-15-12(9)14-16-13-10(17(14)2)5-4-6-11(13)20(3,18)19/h4-6,9,12,15H,7-8H2,1-3H3. The smallest absolute Gasteiger partial charge is 0.177 e. The van der Waals surface area contributed by atoms with Crippen LogP contribution >= 0.6 is 0 Å². The van der Waals surface area contributed by atoms with Gasteiger partial charge in [0.2, 0.25) is 0 Å². The topological polar surface area (TPSA) is 64.0 Å². The van der Waals surface area contributed by atoms with E-state index in [0.29, 0.717) is 16.3 Å². The van der Waals surface area contributed by atoms with Crippen LogP contribution in [-0.2, 0) is 16.9 Å². The van der Waals surface area contributed by atoms with Crippen molar-refractivity contribution in [1.82, 2.24) is 14.9 Å². The molecule has 0 saturated carbocycles. The van der Waals surface area contributed by atoms with Gasteiger partial charge in [0.1, 0.15) is 11.3 Å². The van der Waals surface area contributed by atoms with Crippen molar-refractivity contribution in [1.29, 1.82) is 0 Å². The van der Waals surface area contributed by atoms with Crippen molar-refractivity contribution in [2.45, 2.75) is 24.3 Å². The fourth-order valence-corrected chi connectivity index (χ4v) is 3.79. The third-order valence-corrected chi connectivity index (χ3v) is 5.25. The molecule has 1 aliphatic rings. The molecule has 20 heavy (non-hydrogen) atoms. The van der Waals surface area contributed by atoms with Crippen LogP contribution in [0.15, 0.2) is 23.1 Å². The third-order valence-electron chi connectivity index (χ3n) is 4.12. The number of aromatic nitrogens is 2. The highest BCUT2D eigenvalue weighted by atomic mass is 32.2. The SMILES string of the molecule is CC1CCNC1c1nc2c(S(C)(=O)=O)cccc2n1C. The van der Waals surface area contributed by atoms with Crippen LogP contribution in [0.4, 0.5) is 0 Å². The Morgan fingerprint density at radius 1 is 1.40 bits per heavy atom. The summed E-state index contributed by atoms with van der Waals surface area (Å²) < 4.78 is 25.8. The van der Waals surface area contributed by atoms with E-state index in [4.69, 9.17) is 0 Å². The summed E-state index contributed by atoms with van der Waals surface area (Å²) in [6, 6.07) is 5.51. The van der Waals surface area contributed by atoms with Crippen molar-refractivity contribution < 1.29 is 8.42 Å². The van der Waals surface area contributed by atoms with Gasteiger partial charge in [-0.05, 0) is 31.0 Å². The highest BCUT2D eigenvalue weighted by Crippen LogP contribution is 2.31. The van der Waals surface area contributed by atoms with E-state index < -0.39 is 9.84 Å². The molecule has 108 valence electrons. The van der Waals surface area contributed by atoms with E-state index >= 15 is 0 Å². The summed E-state index contributed by atoms with van der Waals surface area (Å²) in [6.45, 7) is 3.18. The molecule has 2 heterocycles. The molecular weight excluding hydrogens is 274 g/mol. The molecule has 1 N–H and O–H groups in total. The van der Waals surface area contributed by atoms with E-state index in [0.717, 1.165) is 24.3 Å². The number of para-hydroxylation sites is 1. The second-order valence-corrected chi connectivity index (χ2v) is 7.61. The Morgan fingerprint density at radius 2 is 2.15 bits per heavy atom. The monoisotopic (exact) mass is 293 g/mol. The van der Waals surface area contributed by atoms with Crippen molar-refractivity contribution in [3.63, 3.8) is 0 Å². The van der Waals surface area contributed by atoms with Crippen molar-refractivity contribution in [3.05, 3.63) is 24.0 Å². The van der Waals surface area contributed by atoms with Crippen LogP contribution < -0.4 is 5.32 Å². The molecular formula is C14H19N3O2S. The number of fused-ring (bicyclic) bond motifs is 1. The highest BCUT2D eigenvalue weighted by Gasteiger charge is 2.29. The maximum Gasteiger partial charge on any atom is 0.177 e. The normalized spacial score (nSPS) is 23.6. The molecule has 0 amide bonds. The molecule has 1 aromatic heterocycles. The van der Waals surface area contributed by atoms with Gasteiger partial charge in [-0.2, -0.15) is 0 Å². The predicted molar refractivity (Wildman–Crippen MR) is 78.3 cm³/mol. The lowest BCUT2D eigenvalue weighted by atomic mass is 10.0. The Labute approximate surface area is 118 Å². The van der Waals surface area contributed by atoms with Crippen LogP contribution in [-0.4, -0.2) is 30.8 Å². The average molecular weight is 293 g/mol. The van der Waals surface area contributed by atoms with Crippen LogP contribution in [0.1, 0.15) is 25.2 Å². The molecule has 0 bridgehead atoms. The number of nitrogens with one attached hydrogen (secondary N) is 1. The molecule has 0 radical (unpaired) electrons. The Bertz CT molecular complexity index is 764. The average Bonchev–Trinajstić information content (AvgIpc) is 2.92. The summed E-state index contributed by atoms with van der Waals surface area (Å²) in [5.41, 5.74) is 1.44. The first-order valence-corrected chi connectivity index (χ1v) is 8.67. The number of aryl methyl sites for hydroxylation is 1.